The maximum absolute atomic E-state index is 12.2. The van der Waals surface area contributed by atoms with Gasteiger partial charge in [0.05, 0.1) is 11.4 Å². The van der Waals surface area contributed by atoms with Crippen LogP contribution in [-0.2, 0) is 11.2 Å². The second-order valence-corrected chi connectivity index (χ2v) is 8.04. The topological polar surface area (TPSA) is 107 Å². The number of carbonyl (C=O) groups excluding carboxylic acids is 1. The van der Waals surface area contributed by atoms with Crippen molar-refractivity contribution in [3.63, 3.8) is 0 Å². The highest BCUT2D eigenvalue weighted by atomic mass is 16.1. The van der Waals surface area contributed by atoms with Crippen LogP contribution in [0.4, 0.5) is 5.95 Å². The molecule has 0 aromatic carbocycles. The summed E-state index contributed by atoms with van der Waals surface area (Å²) in [4.78, 5) is 33.9. The summed E-state index contributed by atoms with van der Waals surface area (Å²) in [6, 6.07) is 1.76. The zero-order chi connectivity index (χ0) is 19.7. The Morgan fingerprint density at radius 1 is 1.29 bits per heavy atom. The number of aryl methyl sites for hydroxylation is 2. The third-order valence-corrected chi connectivity index (χ3v) is 6.02. The Hall–Kier alpha value is -2.64. The zero-order valence-electron chi connectivity index (χ0n) is 16.5. The summed E-state index contributed by atoms with van der Waals surface area (Å²) in [5.41, 5.74) is 3.89. The maximum atomic E-state index is 12.2. The molecule has 2 aromatic rings. The molecule has 28 heavy (non-hydrogen) atoms. The predicted octanol–water partition coefficient (Wildman–Crippen LogP) is 1.71. The van der Waals surface area contributed by atoms with E-state index in [-0.39, 0.29) is 23.4 Å². The normalized spacial score (nSPS) is 21.6. The van der Waals surface area contributed by atoms with Gasteiger partial charge in [0.25, 0.3) is 5.56 Å². The Kier molecular flexibility index (Phi) is 5.19. The van der Waals surface area contributed by atoms with E-state index in [1.165, 1.54) is 0 Å². The summed E-state index contributed by atoms with van der Waals surface area (Å²) in [5, 5.41) is 10.3. The first kappa shape index (κ1) is 18.7. The van der Waals surface area contributed by atoms with Crippen LogP contribution in [0.3, 0.4) is 0 Å². The molecule has 1 saturated carbocycles. The SMILES string of the molecule is Cc1[nH]nc(CCC(=O)NC2CC(c3cc(=O)[nH]c(N4CCCC4)n3)C2)c1C. The molecule has 2 aromatic heterocycles. The van der Waals surface area contributed by atoms with Crippen molar-refractivity contribution in [2.45, 2.75) is 64.3 Å². The molecule has 4 rings (SSSR count). The molecule has 0 unspecified atom stereocenters. The predicted molar refractivity (Wildman–Crippen MR) is 107 cm³/mol. The van der Waals surface area contributed by atoms with E-state index >= 15 is 0 Å². The molecular formula is C20H28N6O2. The van der Waals surface area contributed by atoms with E-state index in [1.807, 2.05) is 13.8 Å². The number of anilines is 1. The fourth-order valence-electron chi connectivity index (χ4n) is 4.04. The fraction of sp³-hybridized carbons (Fsp3) is 0.600. The van der Waals surface area contributed by atoms with Crippen LogP contribution in [0, 0.1) is 13.8 Å². The van der Waals surface area contributed by atoms with Gasteiger partial charge in [-0.25, -0.2) is 4.98 Å². The first-order valence-corrected chi connectivity index (χ1v) is 10.2. The van der Waals surface area contributed by atoms with Gasteiger partial charge in [-0.3, -0.25) is 19.7 Å². The minimum Gasteiger partial charge on any atom is -0.353 e. The zero-order valence-corrected chi connectivity index (χ0v) is 16.5. The highest BCUT2D eigenvalue weighted by Crippen LogP contribution is 2.36. The Morgan fingerprint density at radius 3 is 2.71 bits per heavy atom. The van der Waals surface area contributed by atoms with E-state index < -0.39 is 0 Å². The molecule has 2 aliphatic rings. The minimum atomic E-state index is -0.0935. The molecule has 0 spiro atoms. The lowest BCUT2D eigenvalue weighted by molar-refractivity contribution is -0.122. The van der Waals surface area contributed by atoms with Gasteiger partial charge in [0.2, 0.25) is 11.9 Å². The van der Waals surface area contributed by atoms with Crippen LogP contribution >= 0.6 is 0 Å². The Bertz CT molecular complexity index is 906. The highest BCUT2D eigenvalue weighted by molar-refractivity contribution is 5.76. The quantitative estimate of drug-likeness (QED) is 0.703. The Balaban J connectivity index is 1.28. The van der Waals surface area contributed by atoms with Crippen LogP contribution in [-0.4, -0.2) is 45.2 Å². The van der Waals surface area contributed by atoms with E-state index in [9.17, 15) is 9.59 Å². The maximum Gasteiger partial charge on any atom is 0.252 e. The summed E-state index contributed by atoms with van der Waals surface area (Å²) < 4.78 is 0. The minimum absolute atomic E-state index is 0.0557. The lowest BCUT2D eigenvalue weighted by Gasteiger charge is -2.35. The molecule has 0 atom stereocenters. The molecule has 1 aliphatic heterocycles. The van der Waals surface area contributed by atoms with Gasteiger partial charge in [0, 0.05) is 49.7 Å². The summed E-state index contributed by atoms with van der Waals surface area (Å²) in [6.07, 6.45) is 5.04. The summed E-state index contributed by atoms with van der Waals surface area (Å²) in [5.74, 6) is 0.988. The summed E-state index contributed by atoms with van der Waals surface area (Å²) in [7, 11) is 0. The van der Waals surface area contributed by atoms with Crippen LogP contribution < -0.4 is 15.8 Å². The Morgan fingerprint density at radius 2 is 2.04 bits per heavy atom. The van der Waals surface area contributed by atoms with Gasteiger partial charge < -0.3 is 10.2 Å². The fourth-order valence-corrected chi connectivity index (χ4v) is 4.04. The number of amides is 1. The van der Waals surface area contributed by atoms with Gasteiger partial charge in [0.1, 0.15) is 0 Å². The van der Waals surface area contributed by atoms with Crippen molar-refractivity contribution in [2.24, 2.45) is 0 Å². The number of nitrogens with zero attached hydrogens (tertiary/aromatic N) is 3. The van der Waals surface area contributed by atoms with Crippen LogP contribution in [0.25, 0.3) is 0 Å². The number of aromatic amines is 2. The summed E-state index contributed by atoms with van der Waals surface area (Å²) in [6.45, 7) is 5.90. The second kappa shape index (κ2) is 7.77. The van der Waals surface area contributed by atoms with E-state index in [4.69, 9.17) is 0 Å². The van der Waals surface area contributed by atoms with Crippen LogP contribution in [0.5, 0.6) is 0 Å². The van der Waals surface area contributed by atoms with E-state index in [1.54, 1.807) is 6.07 Å². The molecule has 3 heterocycles. The first-order chi connectivity index (χ1) is 13.5. The molecule has 2 fully saturated rings. The van der Waals surface area contributed by atoms with Gasteiger partial charge in [-0.05, 0) is 45.1 Å². The molecule has 1 saturated heterocycles. The van der Waals surface area contributed by atoms with E-state index in [0.717, 1.165) is 61.4 Å². The van der Waals surface area contributed by atoms with Crippen molar-refractivity contribution in [1.82, 2.24) is 25.5 Å². The molecule has 1 amide bonds. The number of rotatable bonds is 6. The second-order valence-electron chi connectivity index (χ2n) is 8.04. The number of aromatic nitrogens is 4. The van der Waals surface area contributed by atoms with Crippen LogP contribution in [0.1, 0.15) is 60.7 Å². The molecule has 8 heteroatoms. The molecule has 3 N–H and O–H groups in total. The number of nitrogens with one attached hydrogen (secondary N) is 3. The standard InChI is InChI=1S/C20H28N6O2/c1-12-13(2)24-25-16(12)5-6-18(27)21-15-9-14(10-15)17-11-19(28)23-20(22-17)26-7-3-4-8-26/h11,14-15H,3-10H2,1-2H3,(H,21,27)(H,24,25)(H,22,23,28). The molecule has 0 bridgehead atoms. The molecule has 0 radical (unpaired) electrons. The van der Waals surface area contributed by atoms with Crippen molar-refractivity contribution >= 4 is 11.9 Å². The van der Waals surface area contributed by atoms with Gasteiger partial charge in [0.15, 0.2) is 0 Å². The van der Waals surface area contributed by atoms with Gasteiger partial charge in [-0.2, -0.15) is 5.10 Å². The summed E-state index contributed by atoms with van der Waals surface area (Å²) >= 11 is 0. The van der Waals surface area contributed by atoms with Gasteiger partial charge in [-0.15, -0.1) is 0 Å². The molecule has 150 valence electrons. The van der Waals surface area contributed by atoms with E-state index in [2.05, 4.69) is 30.4 Å². The Labute approximate surface area is 164 Å². The largest absolute Gasteiger partial charge is 0.353 e. The van der Waals surface area contributed by atoms with E-state index in [0.29, 0.717) is 18.8 Å². The molecular weight excluding hydrogens is 356 g/mol. The number of carbonyl (C=O) groups is 1. The number of hydrogen-bond donors (Lipinski definition) is 3. The molecule has 1 aliphatic carbocycles. The van der Waals surface area contributed by atoms with Crippen molar-refractivity contribution in [3.05, 3.63) is 39.1 Å². The molecule has 8 nitrogen and oxygen atoms in total. The van der Waals surface area contributed by atoms with Crippen molar-refractivity contribution in [3.8, 4) is 0 Å². The third kappa shape index (κ3) is 3.95. The van der Waals surface area contributed by atoms with Crippen LogP contribution in [0.15, 0.2) is 10.9 Å². The van der Waals surface area contributed by atoms with Crippen LogP contribution in [0.2, 0.25) is 0 Å². The smallest absolute Gasteiger partial charge is 0.252 e. The third-order valence-electron chi connectivity index (χ3n) is 6.02. The van der Waals surface area contributed by atoms with Crippen molar-refractivity contribution < 1.29 is 4.79 Å². The van der Waals surface area contributed by atoms with Gasteiger partial charge in [-0.1, -0.05) is 0 Å². The van der Waals surface area contributed by atoms with Gasteiger partial charge >= 0.3 is 0 Å². The van der Waals surface area contributed by atoms with Crippen molar-refractivity contribution in [1.29, 1.82) is 0 Å². The number of H-pyrrole nitrogens is 2. The highest BCUT2D eigenvalue weighted by Gasteiger charge is 2.33. The lowest BCUT2D eigenvalue weighted by Crippen LogP contribution is -2.44. The average Bonchev–Trinajstić information content (AvgIpc) is 3.27. The monoisotopic (exact) mass is 384 g/mol. The lowest BCUT2D eigenvalue weighted by atomic mass is 9.78. The average molecular weight is 384 g/mol. The number of hydrogen-bond acceptors (Lipinski definition) is 5. The van der Waals surface area contributed by atoms with Crippen molar-refractivity contribution in [2.75, 3.05) is 18.0 Å². The first-order valence-electron chi connectivity index (χ1n) is 10.2.